The van der Waals surface area contributed by atoms with Crippen molar-refractivity contribution in [3.05, 3.63) is 94.8 Å². The minimum absolute atomic E-state index is 0.145. The van der Waals surface area contributed by atoms with E-state index in [1.807, 2.05) is 35.2 Å². The Balaban J connectivity index is 1.32. The van der Waals surface area contributed by atoms with Gasteiger partial charge in [-0.15, -0.1) is 0 Å². The van der Waals surface area contributed by atoms with Gasteiger partial charge in [-0.25, -0.2) is 0 Å². The fraction of sp³-hybridized carbons (Fsp3) is 0.367. The Kier molecular flexibility index (Phi) is 7.03. The molecule has 36 heavy (non-hydrogen) atoms. The van der Waals surface area contributed by atoms with Crippen LogP contribution in [-0.4, -0.2) is 40.9 Å². The van der Waals surface area contributed by atoms with E-state index in [4.69, 9.17) is 4.74 Å². The minimum atomic E-state index is -0.641. The second kappa shape index (κ2) is 10.5. The Labute approximate surface area is 212 Å². The number of ether oxygens (including phenoxy) is 1. The van der Waals surface area contributed by atoms with Crippen molar-refractivity contribution in [1.29, 1.82) is 0 Å². The summed E-state index contributed by atoms with van der Waals surface area (Å²) in [6.07, 6.45) is 4.57. The highest BCUT2D eigenvalue weighted by Crippen LogP contribution is 2.41. The zero-order valence-electron chi connectivity index (χ0n) is 20.9. The molecule has 2 heterocycles. The minimum Gasteiger partial charge on any atom is -0.481 e. The fourth-order valence-electron chi connectivity index (χ4n) is 4.84. The number of rotatable bonds is 8. The second-order valence-corrected chi connectivity index (χ2v) is 9.85. The van der Waals surface area contributed by atoms with Crippen LogP contribution in [0.5, 0.6) is 5.75 Å². The molecule has 1 aromatic heterocycles. The Morgan fingerprint density at radius 2 is 1.92 bits per heavy atom. The Bertz CT molecular complexity index is 1220. The van der Waals surface area contributed by atoms with Crippen molar-refractivity contribution in [2.24, 2.45) is 5.92 Å². The molecule has 0 spiro atoms. The van der Waals surface area contributed by atoms with Gasteiger partial charge in [0, 0.05) is 37.3 Å². The van der Waals surface area contributed by atoms with Gasteiger partial charge in [-0.1, -0.05) is 42.0 Å². The molecule has 1 aliphatic carbocycles. The number of hydrogen-bond donors (Lipinski definition) is 1. The number of carbonyl (C=O) groups excluding carboxylic acids is 2. The lowest BCUT2D eigenvalue weighted by Gasteiger charge is -2.38. The molecular weight excluding hydrogens is 450 g/mol. The molecule has 186 valence electrons. The van der Waals surface area contributed by atoms with Crippen molar-refractivity contribution < 1.29 is 14.3 Å². The number of fused-ring (bicyclic) bond motifs is 1. The second-order valence-electron chi connectivity index (χ2n) is 9.85. The quantitative estimate of drug-likeness (QED) is 0.516. The Morgan fingerprint density at radius 1 is 1.11 bits per heavy atom. The topological polar surface area (TPSA) is 71.5 Å². The van der Waals surface area contributed by atoms with Crippen LogP contribution in [0.1, 0.15) is 53.8 Å². The highest BCUT2D eigenvalue weighted by atomic mass is 16.5. The largest absolute Gasteiger partial charge is 0.481 e. The molecule has 1 saturated carbocycles. The number of aryl methyl sites for hydroxylation is 1. The molecule has 3 aromatic rings. The lowest BCUT2D eigenvalue weighted by molar-refractivity contribution is -0.134. The highest BCUT2D eigenvalue weighted by Gasteiger charge is 2.39. The van der Waals surface area contributed by atoms with Crippen molar-refractivity contribution in [3.63, 3.8) is 0 Å². The van der Waals surface area contributed by atoms with Crippen LogP contribution in [0.4, 0.5) is 0 Å². The van der Waals surface area contributed by atoms with Gasteiger partial charge in [-0.05, 0) is 74.1 Å². The summed E-state index contributed by atoms with van der Waals surface area (Å²) in [4.78, 5) is 32.2. The van der Waals surface area contributed by atoms with Gasteiger partial charge in [0.25, 0.3) is 5.91 Å². The molecule has 1 fully saturated rings. The molecule has 6 nitrogen and oxygen atoms in total. The van der Waals surface area contributed by atoms with E-state index in [2.05, 4.69) is 47.6 Å². The van der Waals surface area contributed by atoms with Crippen LogP contribution in [0.2, 0.25) is 0 Å². The number of pyridine rings is 1. The molecule has 1 aliphatic heterocycles. The Hall–Kier alpha value is -3.67. The summed E-state index contributed by atoms with van der Waals surface area (Å²) in [5.74, 6) is 0.884. The van der Waals surface area contributed by atoms with Crippen LogP contribution in [0.25, 0.3) is 0 Å². The number of nitrogens with zero attached hydrogens (tertiary/aromatic N) is 2. The summed E-state index contributed by atoms with van der Waals surface area (Å²) in [6, 6.07) is 20.1. The van der Waals surface area contributed by atoms with E-state index in [1.165, 1.54) is 11.1 Å². The van der Waals surface area contributed by atoms with E-state index in [0.717, 1.165) is 42.6 Å². The zero-order valence-corrected chi connectivity index (χ0v) is 20.9. The summed E-state index contributed by atoms with van der Waals surface area (Å²) in [6.45, 7) is 5.05. The summed E-state index contributed by atoms with van der Waals surface area (Å²) in [5.41, 5.74) is 5.54. The first-order chi connectivity index (χ1) is 17.5. The summed E-state index contributed by atoms with van der Waals surface area (Å²) < 4.78 is 6.07. The molecule has 2 aromatic carbocycles. The lowest BCUT2D eigenvalue weighted by Crippen LogP contribution is -2.41. The van der Waals surface area contributed by atoms with Gasteiger partial charge in [-0.2, -0.15) is 0 Å². The van der Waals surface area contributed by atoms with E-state index in [9.17, 15) is 9.59 Å². The van der Waals surface area contributed by atoms with E-state index in [0.29, 0.717) is 18.7 Å². The van der Waals surface area contributed by atoms with Crippen molar-refractivity contribution in [2.75, 3.05) is 13.1 Å². The van der Waals surface area contributed by atoms with Crippen molar-refractivity contribution >= 4 is 11.8 Å². The van der Waals surface area contributed by atoms with Crippen LogP contribution in [0.15, 0.2) is 66.9 Å². The number of nitrogens with one attached hydrogen (secondary N) is 1. The molecule has 0 saturated heterocycles. The third-order valence-corrected chi connectivity index (χ3v) is 7.04. The van der Waals surface area contributed by atoms with Crippen molar-refractivity contribution in [2.45, 2.75) is 51.7 Å². The zero-order chi connectivity index (χ0) is 25.1. The molecule has 0 bridgehead atoms. The normalized spacial score (nSPS) is 17.7. The third-order valence-electron chi connectivity index (χ3n) is 7.04. The van der Waals surface area contributed by atoms with Crippen LogP contribution in [0.3, 0.4) is 0 Å². The molecule has 2 atom stereocenters. The van der Waals surface area contributed by atoms with E-state index in [-0.39, 0.29) is 23.8 Å². The van der Waals surface area contributed by atoms with Gasteiger partial charge in [0.15, 0.2) is 6.10 Å². The smallest absolute Gasteiger partial charge is 0.260 e. The first kappa shape index (κ1) is 24.0. The molecular formula is C30H33N3O3. The Morgan fingerprint density at radius 3 is 2.64 bits per heavy atom. The van der Waals surface area contributed by atoms with Crippen LogP contribution < -0.4 is 10.1 Å². The lowest BCUT2D eigenvalue weighted by atomic mass is 9.87. The predicted molar refractivity (Wildman–Crippen MR) is 139 cm³/mol. The van der Waals surface area contributed by atoms with Crippen molar-refractivity contribution in [1.82, 2.24) is 15.2 Å². The SMILES string of the molecule is Cc1ccc([C@@H]2c3cc(O[C@H](C)C(=O)NCCc4ccccn4)ccc3CCN2C(=O)C2CC2)cc1. The van der Waals surface area contributed by atoms with Gasteiger partial charge >= 0.3 is 0 Å². The summed E-state index contributed by atoms with van der Waals surface area (Å²) in [5, 5.41) is 2.94. The van der Waals surface area contributed by atoms with E-state index in [1.54, 1.807) is 13.1 Å². The first-order valence-electron chi connectivity index (χ1n) is 12.8. The molecule has 2 amide bonds. The molecule has 2 aliphatic rings. The van der Waals surface area contributed by atoms with Crippen LogP contribution in [-0.2, 0) is 22.4 Å². The maximum absolute atomic E-state index is 13.2. The standard InChI is InChI=1S/C30H33N3O3/c1-20-6-8-23(9-7-20)28-27-19-26(13-12-22(27)15-18-33(28)30(35)24-10-11-24)36-21(2)29(34)32-17-14-25-5-3-4-16-31-25/h3-9,12-13,16,19,21,24,28H,10-11,14-15,17-18H2,1-2H3,(H,32,34)/t21-,28-/m1/s1. The number of amides is 2. The molecule has 1 N–H and O–H groups in total. The molecule has 0 unspecified atom stereocenters. The molecule has 5 rings (SSSR count). The average molecular weight is 484 g/mol. The monoisotopic (exact) mass is 483 g/mol. The fourth-order valence-corrected chi connectivity index (χ4v) is 4.84. The van der Waals surface area contributed by atoms with E-state index < -0.39 is 6.10 Å². The molecule has 0 radical (unpaired) electrons. The van der Waals surface area contributed by atoms with Crippen LogP contribution in [0, 0.1) is 12.8 Å². The molecule has 6 heteroatoms. The first-order valence-corrected chi connectivity index (χ1v) is 12.8. The highest BCUT2D eigenvalue weighted by molar-refractivity contribution is 5.82. The third kappa shape index (κ3) is 5.43. The summed E-state index contributed by atoms with van der Waals surface area (Å²) in [7, 11) is 0. The maximum atomic E-state index is 13.2. The average Bonchev–Trinajstić information content (AvgIpc) is 3.74. The van der Waals surface area contributed by atoms with Crippen LogP contribution >= 0.6 is 0 Å². The predicted octanol–water partition coefficient (Wildman–Crippen LogP) is 4.40. The van der Waals surface area contributed by atoms with Gasteiger partial charge in [0.05, 0.1) is 6.04 Å². The number of hydrogen-bond acceptors (Lipinski definition) is 4. The van der Waals surface area contributed by atoms with E-state index >= 15 is 0 Å². The van der Waals surface area contributed by atoms with Gasteiger partial charge in [-0.3, -0.25) is 14.6 Å². The van der Waals surface area contributed by atoms with Gasteiger partial charge < -0.3 is 15.0 Å². The number of aromatic nitrogens is 1. The van der Waals surface area contributed by atoms with Gasteiger partial charge in [0.2, 0.25) is 5.91 Å². The summed E-state index contributed by atoms with van der Waals surface area (Å²) >= 11 is 0. The van der Waals surface area contributed by atoms with Gasteiger partial charge in [0.1, 0.15) is 5.75 Å². The number of carbonyl (C=O) groups is 2. The van der Waals surface area contributed by atoms with Crippen molar-refractivity contribution in [3.8, 4) is 5.75 Å². The maximum Gasteiger partial charge on any atom is 0.260 e. The number of benzene rings is 2.